The molecule has 3 aromatic rings. The molecule has 1 aliphatic heterocycles. The summed E-state index contributed by atoms with van der Waals surface area (Å²) in [6.07, 6.45) is 1.30. The number of nitrogens with one attached hydrogen (secondary N) is 1. The van der Waals surface area contributed by atoms with Crippen LogP contribution in [0.1, 0.15) is 23.0 Å². The first-order chi connectivity index (χ1) is 12.2. The molecule has 1 atom stereocenters. The van der Waals surface area contributed by atoms with Crippen LogP contribution >= 0.6 is 0 Å². The van der Waals surface area contributed by atoms with Crippen LogP contribution in [0.25, 0.3) is 11.3 Å². The van der Waals surface area contributed by atoms with Crippen LogP contribution in [0.4, 0.5) is 5.82 Å². The standard InChI is InChI=1S/C19H17N5O/c1-12-6-5-9-14(10-12)15-11-21-17(20)16(22-15)19-24-23-18(25-19)13-7-3-2-4-8-13/h2-11,18,23H,1H3,(H2,20,21). The number of aryl methyl sites for hydroxylation is 1. The minimum atomic E-state index is -0.361. The van der Waals surface area contributed by atoms with E-state index in [1.807, 2.05) is 61.5 Å². The molecule has 6 heteroatoms. The summed E-state index contributed by atoms with van der Waals surface area (Å²) in [4.78, 5) is 8.86. The Hall–Kier alpha value is -3.41. The smallest absolute Gasteiger partial charge is 0.263 e. The van der Waals surface area contributed by atoms with Crippen molar-refractivity contribution in [2.24, 2.45) is 5.10 Å². The minimum absolute atomic E-state index is 0.283. The first kappa shape index (κ1) is 15.1. The van der Waals surface area contributed by atoms with E-state index < -0.39 is 0 Å². The van der Waals surface area contributed by atoms with Gasteiger partial charge in [0.2, 0.25) is 6.23 Å². The second kappa shape index (κ2) is 6.24. The van der Waals surface area contributed by atoms with E-state index >= 15 is 0 Å². The van der Waals surface area contributed by atoms with E-state index in [1.54, 1.807) is 6.20 Å². The number of rotatable bonds is 3. The maximum Gasteiger partial charge on any atom is 0.263 e. The second-order valence-electron chi connectivity index (χ2n) is 5.81. The minimum Gasteiger partial charge on any atom is -0.445 e. The van der Waals surface area contributed by atoms with Gasteiger partial charge in [-0.15, -0.1) is 5.10 Å². The molecule has 0 spiro atoms. The van der Waals surface area contributed by atoms with Gasteiger partial charge in [0.25, 0.3) is 5.90 Å². The number of benzene rings is 2. The Labute approximate surface area is 145 Å². The largest absolute Gasteiger partial charge is 0.445 e. The predicted molar refractivity (Wildman–Crippen MR) is 96.6 cm³/mol. The number of anilines is 1. The summed E-state index contributed by atoms with van der Waals surface area (Å²) in [5.41, 5.74) is 13.2. The molecule has 1 aliphatic rings. The highest BCUT2D eigenvalue weighted by Crippen LogP contribution is 2.24. The van der Waals surface area contributed by atoms with Gasteiger partial charge in [0.1, 0.15) is 0 Å². The van der Waals surface area contributed by atoms with E-state index in [-0.39, 0.29) is 12.0 Å². The highest BCUT2D eigenvalue weighted by atomic mass is 16.5. The topological polar surface area (TPSA) is 85.4 Å². The summed E-state index contributed by atoms with van der Waals surface area (Å²) in [6, 6.07) is 17.8. The van der Waals surface area contributed by atoms with Crippen LogP contribution in [0.3, 0.4) is 0 Å². The lowest BCUT2D eigenvalue weighted by molar-refractivity contribution is 0.191. The number of hydrogen-bond donors (Lipinski definition) is 2. The van der Waals surface area contributed by atoms with Crippen LogP contribution in [-0.4, -0.2) is 15.9 Å². The van der Waals surface area contributed by atoms with Crippen molar-refractivity contribution in [3.63, 3.8) is 0 Å². The predicted octanol–water partition coefficient (Wildman–Crippen LogP) is 3.01. The number of nitrogens with zero attached hydrogens (tertiary/aromatic N) is 3. The van der Waals surface area contributed by atoms with Gasteiger partial charge in [0.15, 0.2) is 11.5 Å². The normalized spacial score (nSPS) is 16.0. The zero-order valence-electron chi connectivity index (χ0n) is 13.7. The molecule has 2 heterocycles. The SMILES string of the molecule is Cc1cccc(-c2cnc(N)c(C3=NNC(c4ccccc4)O3)n2)c1. The Kier molecular flexibility index (Phi) is 3.78. The lowest BCUT2D eigenvalue weighted by Gasteiger charge is -2.12. The molecule has 25 heavy (non-hydrogen) atoms. The Balaban J connectivity index is 1.64. The monoisotopic (exact) mass is 331 g/mol. The number of nitrogen functional groups attached to an aromatic ring is 1. The van der Waals surface area contributed by atoms with Crippen molar-refractivity contribution in [3.8, 4) is 11.3 Å². The third kappa shape index (κ3) is 3.01. The second-order valence-corrected chi connectivity index (χ2v) is 5.81. The Morgan fingerprint density at radius 3 is 2.72 bits per heavy atom. The van der Waals surface area contributed by atoms with Gasteiger partial charge in [-0.2, -0.15) is 0 Å². The summed E-state index contributed by atoms with van der Waals surface area (Å²) in [5.74, 6) is 0.624. The summed E-state index contributed by atoms with van der Waals surface area (Å²) < 4.78 is 5.89. The van der Waals surface area contributed by atoms with Crippen molar-refractivity contribution in [3.05, 3.63) is 77.6 Å². The molecule has 0 saturated carbocycles. The fourth-order valence-electron chi connectivity index (χ4n) is 2.66. The average molecular weight is 331 g/mol. The average Bonchev–Trinajstić information content (AvgIpc) is 3.13. The van der Waals surface area contributed by atoms with E-state index in [2.05, 4.69) is 20.5 Å². The van der Waals surface area contributed by atoms with Crippen LogP contribution < -0.4 is 11.2 Å². The van der Waals surface area contributed by atoms with Gasteiger partial charge in [0, 0.05) is 11.1 Å². The molecular formula is C19H17N5O. The highest BCUT2D eigenvalue weighted by Gasteiger charge is 2.25. The van der Waals surface area contributed by atoms with E-state index in [1.165, 1.54) is 0 Å². The van der Waals surface area contributed by atoms with Gasteiger partial charge < -0.3 is 10.5 Å². The molecule has 1 unspecified atom stereocenters. The van der Waals surface area contributed by atoms with E-state index in [9.17, 15) is 0 Å². The third-order valence-corrected chi connectivity index (χ3v) is 3.93. The van der Waals surface area contributed by atoms with Crippen LogP contribution in [0.5, 0.6) is 0 Å². The lowest BCUT2D eigenvalue weighted by Crippen LogP contribution is -2.14. The molecule has 0 aliphatic carbocycles. The summed E-state index contributed by atoms with van der Waals surface area (Å²) in [7, 11) is 0. The van der Waals surface area contributed by atoms with Crippen LogP contribution in [0.15, 0.2) is 65.9 Å². The van der Waals surface area contributed by atoms with Crippen LogP contribution in [0, 0.1) is 6.92 Å². The van der Waals surface area contributed by atoms with Crippen LogP contribution in [-0.2, 0) is 4.74 Å². The van der Waals surface area contributed by atoms with Gasteiger partial charge in [-0.3, -0.25) is 5.43 Å². The highest BCUT2D eigenvalue weighted by molar-refractivity contribution is 5.97. The van der Waals surface area contributed by atoms with Crippen molar-refractivity contribution in [2.75, 3.05) is 5.73 Å². The van der Waals surface area contributed by atoms with E-state index in [4.69, 9.17) is 10.5 Å². The molecule has 4 rings (SSSR count). The van der Waals surface area contributed by atoms with Crippen molar-refractivity contribution in [1.82, 2.24) is 15.4 Å². The van der Waals surface area contributed by atoms with E-state index in [0.717, 1.165) is 22.4 Å². The van der Waals surface area contributed by atoms with Gasteiger partial charge in [-0.25, -0.2) is 9.97 Å². The van der Waals surface area contributed by atoms with Crippen molar-refractivity contribution in [1.29, 1.82) is 0 Å². The zero-order chi connectivity index (χ0) is 17.2. The molecule has 1 aromatic heterocycles. The molecule has 0 fully saturated rings. The van der Waals surface area contributed by atoms with Gasteiger partial charge in [-0.1, -0.05) is 54.1 Å². The summed E-state index contributed by atoms with van der Waals surface area (Å²) >= 11 is 0. The maximum atomic E-state index is 6.00. The maximum absolute atomic E-state index is 6.00. The molecule has 6 nitrogen and oxygen atoms in total. The number of aromatic nitrogens is 2. The summed E-state index contributed by atoms with van der Waals surface area (Å²) in [6.45, 7) is 2.04. The van der Waals surface area contributed by atoms with Crippen molar-refractivity contribution < 1.29 is 4.74 Å². The van der Waals surface area contributed by atoms with Crippen LogP contribution in [0.2, 0.25) is 0 Å². The third-order valence-electron chi connectivity index (χ3n) is 3.93. The molecule has 124 valence electrons. The Bertz CT molecular complexity index is 940. The van der Waals surface area contributed by atoms with Gasteiger partial charge in [0.05, 0.1) is 11.9 Å². The Morgan fingerprint density at radius 1 is 1.08 bits per heavy atom. The molecular weight excluding hydrogens is 314 g/mol. The zero-order valence-corrected chi connectivity index (χ0v) is 13.7. The molecule has 3 N–H and O–H groups in total. The molecule has 0 bridgehead atoms. The quantitative estimate of drug-likeness (QED) is 0.770. The fourth-order valence-corrected chi connectivity index (χ4v) is 2.66. The number of hydrogen-bond acceptors (Lipinski definition) is 6. The van der Waals surface area contributed by atoms with Crippen molar-refractivity contribution in [2.45, 2.75) is 13.2 Å². The first-order valence-corrected chi connectivity index (χ1v) is 7.95. The number of ether oxygens (including phenoxy) is 1. The van der Waals surface area contributed by atoms with Gasteiger partial charge >= 0.3 is 0 Å². The van der Waals surface area contributed by atoms with Crippen molar-refractivity contribution >= 4 is 11.7 Å². The summed E-state index contributed by atoms with van der Waals surface area (Å²) in [5, 5.41) is 4.24. The Morgan fingerprint density at radius 2 is 1.92 bits per heavy atom. The number of nitrogens with two attached hydrogens (primary N) is 1. The lowest BCUT2D eigenvalue weighted by atomic mass is 10.1. The molecule has 0 radical (unpaired) electrons. The number of hydrazone groups is 1. The molecule has 0 saturated heterocycles. The van der Waals surface area contributed by atoms with Gasteiger partial charge in [-0.05, 0) is 13.0 Å². The fraction of sp³-hybridized carbons (Fsp3) is 0.105. The molecule has 0 amide bonds. The molecule has 2 aromatic carbocycles. The van der Waals surface area contributed by atoms with E-state index in [0.29, 0.717) is 11.6 Å². The first-order valence-electron chi connectivity index (χ1n) is 7.95.